The standard InChI is InChI=1S/C18H20N2O3S2/c21-16(22)8-11-20-17(23)15(25-18(20)24)12-13-4-6-14(7-5-13)19-9-2-1-3-10-19/h4-7,12H,1-3,8-11H2,(H,21,22)/b15-12+. The van der Waals surface area contributed by atoms with Gasteiger partial charge in [-0.05, 0) is 43.0 Å². The zero-order chi connectivity index (χ0) is 17.8. The Morgan fingerprint density at radius 1 is 1.20 bits per heavy atom. The van der Waals surface area contributed by atoms with Gasteiger partial charge in [-0.2, -0.15) is 0 Å². The smallest absolute Gasteiger partial charge is 0.305 e. The van der Waals surface area contributed by atoms with Gasteiger partial charge in [0.15, 0.2) is 0 Å². The number of piperidine rings is 1. The van der Waals surface area contributed by atoms with Crippen molar-refractivity contribution < 1.29 is 14.7 Å². The number of hydrogen-bond donors (Lipinski definition) is 1. The van der Waals surface area contributed by atoms with Crippen molar-refractivity contribution in [2.75, 3.05) is 24.5 Å². The molecule has 1 aromatic carbocycles. The molecule has 1 N–H and O–H groups in total. The molecule has 2 heterocycles. The summed E-state index contributed by atoms with van der Waals surface area (Å²) in [7, 11) is 0. The molecule has 0 saturated carbocycles. The van der Waals surface area contributed by atoms with Crippen LogP contribution in [0, 0.1) is 0 Å². The highest BCUT2D eigenvalue weighted by Gasteiger charge is 2.32. The molecule has 132 valence electrons. The first-order valence-corrected chi connectivity index (χ1v) is 9.59. The number of carbonyl (C=O) groups excluding carboxylic acids is 1. The lowest BCUT2D eigenvalue weighted by atomic mass is 10.1. The molecule has 2 aliphatic heterocycles. The summed E-state index contributed by atoms with van der Waals surface area (Å²) in [5, 5.41) is 8.77. The van der Waals surface area contributed by atoms with Crippen LogP contribution in [0.5, 0.6) is 0 Å². The number of carboxylic acids is 1. The average molecular weight is 377 g/mol. The van der Waals surface area contributed by atoms with Gasteiger partial charge in [-0.25, -0.2) is 0 Å². The minimum atomic E-state index is -0.939. The molecular formula is C18H20N2O3S2. The van der Waals surface area contributed by atoms with Crippen LogP contribution in [-0.2, 0) is 9.59 Å². The number of amides is 1. The highest BCUT2D eigenvalue weighted by atomic mass is 32.2. The van der Waals surface area contributed by atoms with Crippen molar-refractivity contribution in [1.29, 1.82) is 0 Å². The van der Waals surface area contributed by atoms with Gasteiger partial charge in [0.2, 0.25) is 0 Å². The summed E-state index contributed by atoms with van der Waals surface area (Å²) in [6.45, 7) is 2.31. The molecule has 0 unspecified atom stereocenters. The van der Waals surface area contributed by atoms with E-state index in [4.69, 9.17) is 17.3 Å². The molecule has 2 saturated heterocycles. The summed E-state index contributed by atoms with van der Waals surface area (Å²) in [6.07, 6.45) is 5.49. The lowest BCUT2D eigenvalue weighted by molar-refractivity contribution is -0.137. The van der Waals surface area contributed by atoms with Crippen LogP contribution in [-0.4, -0.2) is 45.8 Å². The van der Waals surface area contributed by atoms with Crippen LogP contribution in [0.4, 0.5) is 5.69 Å². The molecule has 0 aliphatic carbocycles. The first kappa shape index (κ1) is 17.9. The van der Waals surface area contributed by atoms with Gasteiger partial charge in [0.05, 0.1) is 11.3 Å². The highest BCUT2D eigenvalue weighted by molar-refractivity contribution is 8.26. The largest absolute Gasteiger partial charge is 0.481 e. The Kier molecular flexibility index (Phi) is 5.75. The van der Waals surface area contributed by atoms with Gasteiger partial charge in [0.25, 0.3) is 5.91 Å². The van der Waals surface area contributed by atoms with E-state index in [9.17, 15) is 9.59 Å². The number of benzene rings is 1. The van der Waals surface area contributed by atoms with Crippen LogP contribution in [0.2, 0.25) is 0 Å². The first-order chi connectivity index (χ1) is 12.0. The second kappa shape index (κ2) is 8.01. The minimum absolute atomic E-state index is 0.107. The van der Waals surface area contributed by atoms with Crippen molar-refractivity contribution in [1.82, 2.24) is 4.90 Å². The third kappa shape index (κ3) is 4.41. The Morgan fingerprint density at radius 3 is 2.52 bits per heavy atom. The van der Waals surface area contributed by atoms with Crippen molar-refractivity contribution in [3.8, 4) is 0 Å². The predicted molar refractivity (Wildman–Crippen MR) is 105 cm³/mol. The van der Waals surface area contributed by atoms with Gasteiger partial charge in [-0.3, -0.25) is 14.5 Å². The number of aliphatic carboxylic acids is 1. The van der Waals surface area contributed by atoms with Gasteiger partial charge >= 0.3 is 5.97 Å². The zero-order valence-electron chi connectivity index (χ0n) is 13.8. The van der Waals surface area contributed by atoms with E-state index in [1.807, 2.05) is 18.2 Å². The summed E-state index contributed by atoms with van der Waals surface area (Å²) < 4.78 is 0.419. The van der Waals surface area contributed by atoms with Crippen molar-refractivity contribution in [3.05, 3.63) is 34.7 Å². The van der Waals surface area contributed by atoms with Crippen molar-refractivity contribution in [2.45, 2.75) is 25.7 Å². The first-order valence-electron chi connectivity index (χ1n) is 8.37. The third-order valence-electron chi connectivity index (χ3n) is 4.33. The summed E-state index contributed by atoms with van der Waals surface area (Å²) in [6, 6.07) is 8.19. The molecule has 3 rings (SSSR count). The number of carboxylic acid groups (broad SMARTS) is 1. The predicted octanol–water partition coefficient (Wildman–Crippen LogP) is 3.35. The number of rotatable bonds is 5. The van der Waals surface area contributed by atoms with Gasteiger partial charge in [-0.15, -0.1) is 0 Å². The van der Waals surface area contributed by atoms with Crippen LogP contribution in [0.25, 0.3) is 6.08 Å². The Morgan fingerprint density at radius 2 is 1.88 bits per heavy atom. The maximum Gasteiger partial charge on any atom is 0.305 e. The normalized spacial score (nSPS) is 19.8. The monoisotopic (exact) mass is 376 g/mol. The zero-order valence-corrected chi connectivity index (χ0v) is 15.4. The third-order valence-corrected chi connectivity index (χ3v) is 5.71. The van der Waals surface area contributed by atoms with Crippen LogP contribution >= 0.6 is 24.0 Å². The molecule has 0 aromatic heterocycles. The number of thiocarbonyl (C=S) groups is 1. The Bertz CT molecular complexity index is 710. The van der Waals surface area contributed by atoms with Crippen LogP contribution in [0.1, 0.15) is 31.2 Å². The van der Waals surface area contributed by atoms with Gasteiger partial charge in [0.1, 0.15) is 4.32 Å². The maximum atomic E-state index is 12.4. The molecule has 7 heteroatoms. The molecule has 1 amide bonds. The Balaban J connectivity index is 1.69. The molecule has 0 atom stereocenters. The summed E-state index contributed by atoms with van der Waals surface area (Å²) >= 11 is 6.42. The maximum absolute atomic E-state index is 12.4. The second-order valence-electron chi connectivity index (χ2n) is 6.12. The highest BCUT2D eigenvalue weighted by Crippen LogP contribution is 2.33. The van der Waals surface area contributed by atoms with E-state index in [2.05, 4.69) is 17.0 Å². The fraction of sp³-hybridized carbons (Fsp3) is 0.389. The lowest BCUT2D eigenvalue weighted by Gasteiger charge is -2.28. The number of carbonyl (C=O) groups is 2. The molecule has 2 fully saturated rings. The summed E-state index contributed by atoms with van der Waals surface area (Å²) in [5.74, 6) is -1.15. The molecule has 25 heavy (non-hydrogen) atoms. The van der Waals surface area contributed by atoms with Crippen molar-refractivity contribution >= 4 is 51.9 Å². The summed E-state index contributed by atoms with van der Waals surface area (Å²) in [4.78, 5) is 27.4. The quantitative estimate of drug-likeness (QED) is 0.628. The summed E-state index contributed by atoms with van der Waals surface area (Å²) in [5.41, 5.74) is 2.16. The SMILES string of the molecule is O=C(O)CCN1C(=O)/C(=C\c2ccc(N3CCCCC3)cc2)SC1=S. The number of thioether (sulfide) groups is 1. The van der Waals surface area contributed by atoms with E-state index in [-0.39, 0.29) is 18.9 Å². The number of anilines is 1. The van der Waals surface area contributed by atoms with E-state index < -0.39 is 5.97 Å². The van der Waals surface area contributed by atoms with E-state index in [0.29, 0.717) is 9.23 Å². The average Bonchev–Trinajstić information content (AvgIpc) is 2.88. The van der Waals surface area contributed by atoms with Crippen LogP contribution in [0.3, 0.4) is 0 Å². The fourth-order valence-corrected chi connectivity index (χ4v) is 4.29. The molecule has 5 nitrogen and oxygen atoms in total. The van der Waals surface area contributed by atoms with Gasteiger partial charge < -0.3 is 10.0 Å². The van der Waals surface area contributed by atoms with Crippen molar-refractivity contribution in [3.63, 3.8) is 0 Å². The van der Waals surface area contributed by atoms with E-state index in [1.165, 1.54) is 41.6 Å². The minimum Gasteiger partial charge on any atom is -0.481 e. The molecular weight excluding hydrogens is 356 g/mol. The second-order valence-corrected chi connectivity index (χ2v) is 7.79. The lowest BCUT2D eigenvalue weighted by Crippen LogP contribution is -2.30. The molecule has 0 bridgehead atoms. The molecule has 0 spiro atoms. The van der Waals surface area contributed by atoms with E-state index in [1.54, 1.807) is 0 Å². The van der Waals surface area contributed by atoms with E-state index >= 15 is 0 Å². The Labute approximate surface area is 156 Å². The number of nitrogens with zero attached hydrogens (tertiary/aromatic N) is 2. The van der Waals surface area contributed by atoms with Gasteiger partial charge in [0, 0.05) is 25.3 Å². The molecule has 0 radical (unpaired) electrons. The van der Waals surface area contributed by atoms with Gasteiger partial charge in [-0.1, -0.05) is 36.1 Å². The molecule has 2 aliphatic rings. The van der Waals surface area contributed by atoms with Crippen LogP contribution < -0.4 is 4.90 Å². The molecule has 1 aromatic rings. The van der Waals surface area contributed by atoms with Crippen LogP contribution in [0.15, 0.2) is 29.2 Å². The van der Waals surface area contributed by atoms with Crippen molar-refractivity contribution in [2.24, 2.45) is 0 Å². The number of hydrogen-bond acceptors (Lipinski definition) is 5. The fourth-order valence-electron chi connectivity index (χ4n) is 2.99. The Hall–Kier alpha value is -1.86. The topological polar surface area (TPSA) is 60.9 Å². The van der Waals surface area contributed by atoms with E-state index in [0.717, 1.165) is 18.7 Å².